The number of hydrogen-bond donors (Lipinski definition) is 4. The predicted octanol–water partition coefficient (Wildman–Crippen LogP) is -0.0906. The van der Waals surface area contributed by atoms with Crippen molar-refractivity contribution >= 4 is 29.4 Å². The Morgan fingerprint density at radius 2 is 1.71 bits per heavy atom. The molecular weight excluding hydrogens is 296 g/mol. The number of primary amides is 2. The molecule has 1 rings (SSSR count). The van der Waals surface area contributed by atoms with Gasteiger partial charge in [-0.25, -0.2) is 4.79 Å². The molecule has 8 heteroatoms. The number of carbonyl (C=O) groups is 3. The van der Waals surface area contributed by atoms with Crippen molar-refractivity contribution in [2.75, 3.05) is 0 Å². The first-order valence-corrected chi connectivity index (χ1v) is 6.58. The van der Waals surface area contributed by atoms with Gasteiger partial charge in [-0.05, 0) is 25.0 Å². The van der Waals surface area contributed by atoms with E-state index in [0.29, 0.717) is 11.4 Å². The van der Waals surface area contributed by atoms with E-state index in [1.807, 2.05) is 12.1 Å². The standard InChI is InChI=1S/C13H17ClN4O3/c1-7(6-8-4-2-3-5-9(8)14)17-13(21)18-10(11(15)19)12(16)20/h2-5,7,10H,6H2,1H3,(H2,15,19)(H2,16,20)(H2,17,18,21). The minimum Gasteiger partial charge on any atom is -0.367 e. The van der Waals surface area contributed by atoms with Gasteiger partial charge in [0.15, 0.2) is 6.04 Å². The molecule has 1 atom stereocenters. The normalized spacial score (nSPS) is 11.8. The van der Waals surface area contributed by atoms with E-state index in [1.54, 1.807) is 19.1 Å². The van der Waals surface area contributed by atoms with Gasteiger partial charge in [0.25, 0.3) is 0 Å². The molecule has 21 heavy (non-hydrogen) atoms. The molecule has 0 radical (unpaired) electrons. The van der Waals surface area contributed by atoms with Crippen molar-refractivity contribution in [3.8, 4) is 0 Å². The maximum Gasteiger partial charge on any atom is 0.316 e. The summed E-state index contributed by atoms with van der Waals surface area (Å²) in [7, 11) is 0. The molecule has 1 unspecified atom stereocenters. The fourth-order valence-corrected chi connectivity index (χ4v) is 1.94. The quantitative estimate of drug-likeness (QED) is 0.548. The van der Waals surface area contributed by atoms with E-state index < -0.39 is 23.9 Å². The molecule has 0 fully saturated rings. The Bertz CT molecular complexity index is 536. The van der Waals surface area contributed by atoms with Crippen molar-refractivity contribution in [2.45, 2.75) is 25.4 Å². The molecule has 0 bridgehead atoms. The summed E-state index contributed by atoms with van der Waals surface area (Å²) in [4.78, 5) is 33.6. The van der Waals surface area contributed by atoms with Crippen LogP contribution in [0.5, 0.6) is 0 Å². The molecule has 0 saturated heterocycles. The van der Waals surface area contributed by atoms with Crippen molar-refractivity contribution in [3.63, 3.8) is 0 Å². The third kappa shape index (κ3) is 5.31. The highest BCUT2D eigenvalue weighted by Crippen LogP contribution is 2.16. The Hall–Kier alpha value is -2.28. The lowest BCUT2D eigenvalue weighted by atomic mass is 10.1. The first-order chi connectivity index (χ1) is 9.81. The first-order valence-electron chi connectivity index (χ1n) is 6.20. The van der Waals surface area contributed by atoms with Gasteiger partial charge in [0.1, 0.15) is 0 Å². The smallest absolute Gasteiger partial charge is 0.316 e. The molecule has 0 aliphatic carbocycles. The van der Waals surface area contributed by atoms with E-state index in [0.717, 1.165) is 5.56 Å². The van der Waals surface area contributed by atoms with E-state index in [1.165, 1.54) is 0 Å². The Morgan fingerprint density at radius 3 is 2.24 bits per heavy atom. The summed E-state index contributed by atoms with van der Waals surface area (Å²) >= 11 is 6.02. The molecule has 0 aliphatic rings. The summed E-state index contributed by atoms with van der Waals surface area (Å²) in [5.41, 5.74) is 10.8. The lowest BCUT2D eigenvalue weighted by Gasteiger charge is -2.17. The van der Waals surface area contributed by atoms with Gasteiger partial charge in [-0.15, -0.1) is 0 Å². The van der Waals surface area contributed by atoms with Gasteiger partial charge in [-0.1, -0.05) is 29.8 Å². The second kappa shape index (κ2) is 7.49. The Labute approximate surface area is 127 Å². The number of amides is 4. The fraction of sp³-hybridized carbons (Fsp3) is 0.308. The Balaban J connectivity index is 2.56. The molecular formula is C13H17ClN4O3. The van der Waals surface area contributed by atoms with Crippen molar-refractivity contribution in [1.29, 1.82) is 0 Å². The van der Waals surface area contributed by atoms with Crippen LogP contribution in [0.4, 0.5) is 4.79 Å². The molecule has 1 aromatic carbocycles. The Kier molecular flexibility index (Phi) is 5.98. The van der Waals surface area contributed by atoms with Crippen LogP contribution in [-0.2, 0) is 16.0 Å². The number of benzene rings is 1. The van der Waals surface area contributed by atoms with E-state index >= 15 is 0 Å². The second-order valence-corrected chi connectivity index (χ2v) is 4.96. The number of urea groups is 1. The third-order valence-electron chi connectivity index (χ3n) is 2.71. The molecule has 114 valence electrons. The highest BCUT2D eigenvalue weighted by Gasteiger charge is 2.24. The lowest BCUT2D eigenvalue weighted by molar-refractivity contribution is -0.128. The summed E-state index contributed by atoms with van der Waals surface area (Å²) in [6, 6.07) is 4.71. The lowest BCUT2D eigenvalue weighted by Crippen LogP contribution is -2.56. The van der Waals surface area contributed by atoms with E-state index in [-0.39, 0.29) is 6.04 Å². The number of halogens is 1. The third-order valence-corrected chi connectivity index (χ3v) is 3.07. The molecule has 1 aromatic rings. The number of hydrogen-bond acceptors (Lipinski definition) is 3. The molecule has 4 amide bonds. The van der Waals surface area contributed by atoms with Gasteiger partial charge >= 0.3 is 6.03 Å². The number of nitrogens with one attached hydrogen (secondary N) is 2. The van der Waals surface area contributed by atoms with E-state index in [9.17, 15) is 14.4 Å². The van der Waals surface area contributed by atoms with Crippen LogP contribution in [-0.4, -0.2) is 29.9 Å². The maximum atomic E-state index is 11.7. The Morgan fingerprint density at radius 1 is 1.14 bits per heavy atom. The van der Waals surface area contributed by atoms with Crippen LogP contribution in [0.15, 0.2) is 24.3 Å². The highest BCUT2D eigenvalue weighted by atomic mass is 35.5. The zero-order chi connectivity index (χ0) is 16.0. The summed E-state index contributed by atoms with van der Waals surface area (Å²) < 4.78 is 0. The van der Waals surface area contributed by atoms with Gasteiger partial charge in [-0.2, -0.15) is 0 Å². The van der Waals surface area contributed by atoms with Crippen molar-refractivity contribution in [3.05, 3.63) is 34.9 Å². The van der Waals surface area contributed by atoms with Crippen LogP contribution in [0, 0.1) is 0 Å². The van der Waals surface area contributed by atoms with Gasteiger partial charge in [0, 0.05) is 11.1 Å². The van der Waals surface area contributed by atoms with Crippen LogP contribution >= 0.6 is 11.6 Å². The molecule has 0 saturated carbocycles. The maximum absolute atomic E-state index is 11.7. The van der Waals surface area contributed by atoms with Crippen LogP contribution in [0.2, 0.25) is 5.02 Å². The van der Waals surface area contributed by atoms with Crippen molar-refractivity contribution in [2.24, 2.45) is 11.5 Å². The molecule has 0 spiro atoms. The summed E-state index contributed by atoms with van der Waals surface area (Å²) in [5, 5.41) is 5.28. The topological polar surface area (TPSA) is 127 Å². The minimum absolute atomic E-state index is 0.272. The van der Waals surface area contributed by atoms with E-state index in [4.69, 9.17) is 23.1 Å². The largest absolute Gasteiger partial charge is 0.367 e. The van der Waals surface area contributed by atoms with Gasteiger partial charge < -0.3 is 22.1 Å². The highest BCUT2D eigenvalue weighted by molar-refractivity contribution is 6.31. The van der Waals surface area contributed by atoms with Crippen LogP contribution in [0.25, 0.3) is 0 Å². The zero-order valence-electron chi connectivity index (χ0n) is 11.4. The van der Waals surface area contributed by atoms with Crippen molar-refractivity contribution in [1.82, 2.24) is 10.6 Å². The summed E-state index contributed by atoms with van der Waals surface area (Å²) in [5.74, 6) is -2.03. The number of carbonyl (C=O) groups excluding carboxylic acids is 3. The van der Waals surface area contributed by atoms with Gasteiger partial charge in [0.2, 0.25) is 11.8 Å². The molecule has 6 N–H and O–H groups in total. The second-order valence-electron chi connectivity index (χ2n) is 4.55. The van der Waals surface area contributed by atoms with Crippen molar-refractivity contribution < 1.29 is 14.4 Å². The molecule has 0 heterocycles. The number of nitrogens with two attached hydrogens (primary N) is 2. The van der Waals surface area contributed by atoms with E-state index in [2.05, 4.69) is 10.6 Å². The molecule has 0 aliphatic heterocycles. The predicted molar refractivity (Wildman–Crippen MR) is 78.5 cm³/mol. The molecule has 0 aromatic heterocycles. The van der Waals surface area contributed by atoms with Crippen LogP contribution in [0.1, 0.15) is 12.5 Å². The average molecular weight is 313 g/mol. The summed E-state index contributed by atoms with van der Waals surface area (Å²) in [6.45, 7) is 1.76. The zero-order valence-corrected chi connectivity index (χ0v) is 12.2. The van der Waals surface area contributed by atoms with Gasteiger partial charge in [-0.3, -0.25) is 9.59 Å². The minimum atomic E-state index is -1.54. The SMILES string of the molecule is CC(Cc1ccccc1Cl)NC(=O)NC(C(N)=O)C(N)=O. The van der Waals surface area contributed by atoms with Crippen LogP contribution in [0.3, 0.4) is 0 Å². The van der Waals surface area contributed by atoms with Crippen LogP contribution < -0.4 is 22.1 Å². The summed E-state index contributed by atoms with van der Waals surface area (Å²) in [6.07, 6.45) is 0.491. The monoisotopic (exact) mass is 312 g/mol. The molecule has 7 nitrogen and oxygen atoms in total. The number of rotatable bonds is 6. The first kappa shape index (κ1) is 16.8. The van der Waals surface area contributed by atoms with Gasteiger partial charge in [0.05, 0.1) is 0 Å². The fourth-order valence-electron chi connectivity index (χ4n) is 1.72. The average Bonchev–Trinajstić information content (AvgIpc) is 2.38.